The Morgan fingerprint density at radius 2 is 1.91 bits per heavy atom. The van der Waals surface area contributed by atoms with Crippen LogP contribution in [0.3, 0.4) is 0 Å². The first-order chi connectivity index (χ1) is 11.1. The number of hydrogen-bond acceptors (Lipinski definition) is 4. The zero-order chi connectivity index (χ0) is 16.4. The maximum absolute atomic E-state index is 11.8. The molecule has 0 fully saturated rings. The number of carboxylic acid groups (broad SMARTS) is 1. The van der Waals surface area contributed by atoms with Crippen molar-refractivity contribution >= 4 is 23.0 Å². The van der Waals surface area contributed by atoms with Crippen molar-refractivity contribution in [1.82, 2.24) is 9.55 Å². The molecule has 0 saturated carbocycles. The highest BCUT2D eigenvalue weighted by molar-refractivity contribution is 5.94. The molecule has 0 unspecified atom stereocenters. The van der Waals surface area contributed by atoms with Crippen molar-refractivity contribution in [3.63, 3.8) is 0 Å². The van der Waals surface area contributed by atoms with E-state index in [1.54, 1.807) is 18.2 Å². The van der Waals surface area contributed by atoms with Crippen LogP contribution >= 0.6 is 0 Å². The van der Waals surface area contributed by atoms with Gasteiger partial charge in [-0.25, -0.2) is 14.6 Å². The molecule has 2 aromatic carbocycles. The van der Waals surface area contributed by atoms with E-state index in [2.05, 4.69) is 9.72 Å². The number of hydrogen-bond donors (Lipinski definition) is 1. The molecule has 0 radical (unpaired) electrons. The van der Waals surface area contributed by atoms with Gasteiger partial charge >= 0.3 is 11.9 Å². The molecular weight excluding hydrogens is 296 g/mol. The fourth-order valence-corrected chi connectivity index (χ4v) is 2.44. The first-order valence-corrected chi connectivity index (χ1v) is 6.99. The van der Waals surface area contributed by atoms with Crippen molar-refractivity contribution in [1.29, 1.82) is 0 Å². The van der Waals surface area contributed by atoms with E-state index in [1.807, 2.05) is 41.8 Å². The van der Waals surface area contributed by atoms with E-state index in [-0.39, 0.29) is 5.56 Å². The third-order valence-electron chi connectivity index (χ3n) is 3.40. The number of esters is 1. The van der Waals surface area contributed by atoms with Gasteiger partial charge in [0.15, 0.2) is 6.61 Å². The van der Waals surface area contributed by atoms with Crippen LogP contribution in [0.4, 0.5) is 0 Å². The summed E-state index contributed by atoms with van der Waals surface area (Å²) in [6.45, 7) is 1.23. The van der Waals surface area contributed by atoms with E-state index in [0.717, 1.165) is 17.0 Å². The van der Waals surface area contributed by atoms with E-state index in [4.69, 9.17) is 5.11 Å². The summed E-state index contributed by atoms with van der Waals surface area (Å²) in [6.07, 6.45) is 0. The van der Waals surface area contributed by atoms with Crippen LogP contribution in [-0.2, 0) is 9.53 Å². The van der Waals surface area contributed by atoms with Crippen molar-refractivity contribution in [2.45, 2.75) is 6.92 Å². The maximum Gasteiger partial charge on any atom is 0.341 e. The fraction of sp³-hybridized carbons (Fsp3) is 0.118. The van der Waals surface area contributed by atoms with E-state index in [1.165, 1.54) is 0 Å². The van der Waals surface area contributed by atoms with E-state index < -0.39 is 18.5 Å². The number of aryl methyl sites for hydroxylation is 1. The lowest BCUT2D eigenvalue weighted by atomic mass is 10.2. The van der Waals surface area contributed by atoms with Crippen molar-refractivity contribution < 1.29 is 19.4 Å². The number of carbonyl (C=O) groups excluding carboxylic acids is 1. The summed E-state index contributed by atoms with van der Waals surface area (Å²) in [4.78, 5) is 26.8. The largest absolute Gasteiger partial charge is 0.479 e. The van der Waals surface area contributed by atoms with Crippen molar-refractivity contribution in [2.75, 3.05) is 6.61 Å². The number of rotatable bonds is 4. The third kappa shape index (κ3) is 2.91. The number of carbonyl (C=O) groups is 2. The molecule has 0 aliphatic carbocycles. The Morgan fingerprint density at radius 3 is 2.61 bits per heavy atom. The average molecular weight is 310 g/mol. The highest BCUT2D eigenvalue weighted by Gasteiger charge is 2.14. The topological polar surface area (TPSA) is 81.4 Å². The zero-order valence-electron chi connectivity index (χ0n) is 12.4. The number of carboxylic acids is 1. The highest BCUT2D eigenvalue weighted by atomic mass is 16.5. The lowest BCUT2D eigenvalue weighted by Gasteiger charge is -2.06. The van der Waals surface area contributed by atoms with Gasteiger partial charge in [0.1, 0.15) is 5.82 Å². The van der Waals surface area contributed by atoms with Crippen LogP contribution in [0.25, 0.3) is 16.7 Å². The predicted octanol–water partition coefficient (Wildman–Crippen LogP) is 2.58. The van der Waals surface area contributed by atoms with Crippen LogP contribution in [0.5, 0.6) is 0 Å². The SMILES string of the molecule is Cc1nc2cc(C(=O)OCC(=O)O)ccc2n1-c1ccccc1. The van der Waals surface area contributed by atoms with Crippen molar-refractivity contribution in [3.8, 4) is 5.69 Å². The van der Waals surface area contributed by atoms with E-state index in [0.29, 0.717) is 5.52 Å². The maximum atomic E-state index is 11.8. The van der Waals surface area contributed by atoms with Gasteiger partial charge < -0.3 is 9.84 Å². The van der Waals surface area contributed by atoms with Crippen LogP contribution in [0.1, 0.15) is 16.2 Å². The zero-order valence-corrected chi connectivity index (χ0v) is 12.4. The Kier molecular flexibility index (Phi) is 3.80. The Balaban J connectivity index is 2.00. The number of imidazole rings is 1. The molecule has 1 heterocycles. The Hall–Kier alpha value is -3.15. The van der Waals surface area contributed by atoms with Gasteiger partial charge in [-0.2, -0.15) is 0 Å². The molecule has 3 aromatic rings. The van der Waals surface area contributed by atoms with Crippen LogP contribution in [0.2, 0.25) is 0 Å². The normalized spacial score (nSPS) is 10.7. The molecule has 0 amide bonds. The van der Waals surface area contributed by atoms with Crippen LogP contribution < -0.4 is 0 Å². The summed E-state index contributed by atoms with van der Waals surface area (Å²) in [5.41, 5.74) is 2.77. The molecule has 1 N–H and O–H groups in total. The third-order valence-corrected chi connectivity index (χ3v) is 3.40. The highest BCUT2D eigenvalue weighted by Crippen LogP contribution is 2.22. The molecule has 116 valence electrons. The fourth-order valence-electron chi connectivity index (χ4n) is 2.44. The number of fused-ring (bicyclic) bond motifs is 1. The molecule has 0 saturated heterocycles. The smallest absolute Gasteiger partial charge is 0.341 e. The Morgan fingerprint density at radius 1 is 1.17 bits per heavy atom. The van der Waals surface area contributed by atoms with Crippen LogP contribution in [0, 0.1) is 6.92 Å². The predicted molar refractivity (Wildman–Crippen MR) is 83.7 cm³/mol. The number of para-hydroxylation sites is 1. The van der Waals surface area contributed by atoms with Gasteiger partial charge in [-0.1, -0.05) is 18.2 Å². The molecule has 23 heavy (non-hydrogen) atoms. The molecule has 0 bridgehead atoms. The average Bonchev–Trinajstić information content (AvgIpc) is 2.88. The summed E-state index contributed by atoms with van der Waals surface area (Å²) >= 11 is 0. The molecule has 0 atom stereocenters. The molecule has 6 nitrogen and oxygen atoms in total. The summed E-state index contributed by atoms with van der Waals surface area (Å²) < 4.78 is 6.67. The molecule has 0 spiro atoms. The molecule has 0 aliphatic heterocycles. The molecular formula is C17H14N2O4. The number of aromatic nitrogens is 2. The standard InChI is InChI=1S/C17H14N2O4/c1-11-18-14-9-12(17(22)23-10-16(20)21)7-8-15(14)19(11)13-5-3-2-4-6-13/h2-9H,10H2,1H3,(H,20,21). The molecule has 6 heteroatoms. The van der Waals surface area contributed by atoms with E-state index >= 15 is 0 Å². The van der Waals surface area contributed by atoms with Gasteiger partial charge in [0.05, 0.1) is 16.6 Å². The second-order valence-electron chi connectivity index (χ2n) is 5.00. The second-order valence-corrected chi connectivity index (χ2v) is 5.00. The van der Waals surface area contributed by atoms with Gasteiger partial charge in [0.2, 0.25) is 0 Å². The number of aliphatic carboxylic acids is 1. The van der Waals surface area contributed by atoms with Gasteiger partial charge in [-0.3, -0.25) is 4.57 Å². The number of nitrogens with zero attached hydrogens (tertiary/aromatic N) is 2. The lowest BCUT2D eigenvalue weighted by Crippen LogP contribution is -2.13. The summed E-state index contributed by atoms with van der Waals surface area (Å²) in [5.74, 6) is -1.08. The van der Waals surface area contributed by atoms with Crippen molar-refractivity contribution in [2.24, 2.45) is 0 Å². The summed E-state index contributed by atoms with van der Waals surface area (Å²) in [7, 11) is 0. The van der Waals surface area contributed by atoms with Crippen LogP contribution in [-0.4, -0.2) is 33.2 Å². The Bertz CT molecular complexity index is 884. The van der Waals surface area contributed by atoms with Gasteiger partial charge in [-0.15, -0.1) is 0 Å². The lowest BCUT2D eigenvalue weighted by molar-refractivity contribution is -0.140. The van der Waals surface area contributed by atoms with Crippen LogP contribution in [0.15, 0.2) is 48.5 Å². The monoisotopic (exact) mass is 310 g/mol. The molecule has 3 rings (SSSR count). The molecule has 0 aliphatic rings. The minimum atomic E-state index is -1.19. The minimum absolute atomic E-state index is 0.275. The Labute approximate surface area is 131 Å². The number of benzene rings is 2. The van der Waals surface area contributed by atoms with E-state index in [9.17, 15) is 9.59 Å². The van der Waals surface area contributed by atoms with Crippen molar-refractivity contribution in [3.05, 3.63) is 59.9 Å². The van der Waals surface area contributed by atoms with Gasteiger partial charge in [0.25, 0.3) is 0 Å². The first-order valence-electron chi connectivity index (χ1n) is 6.99. The van der Waals surface area contributed by atoms with Gasteiger partial charge in [0, 0.05) is 5.69 Å². The number of ether oxygens (including phenoxy) is 1. The molecule has 1 aromatic heterocycles. The summed E-state index contributed by atoms with van der Waals surface area (Å²) in [5, 5.41) is 8.55. The first kappa shape index (κ1) is 14.8. The van der Waals surface area contributed by atoms with Gasteiger partial charge in [-0.05, 0) is 37.3 Å². The summed E-state index contributed by atoms with van der Waals surface area (Å²) in [6, 6.07) is 14.8. The second kappa shape index (κ2) is 5.92. The minimum Gasteiger partial charge on any atom is -0.479 e. The quantitative estimate of drug-likeness (QED) is 0.749.